The Morgan fingerprint density at radius 2 is 1.41 bits per heavy atom. The van der Waals surface area contributed by atoms with Gasteiger partial charge < -0.3 is 18.5 Å². The lowest BCUT2D eigenvalue weighted by Gasteiger charge is -2.36. The van der Waals surface area contributed by atoms with Crippen LogP contribution in [0.1, 0.15) is 27.0 Å². The lowest BCUT2D eigenvalue weighted by atomic mass is 9.77. The number of rotatable bonds is 5. The molecule has 11 nitrogen and oxygen atoms in total. The van der Waals surface area contributed by atoms with Crippen LogP contribution in [0, 0.1) is 0 Å². The van der Waals surface area contributed by atoms with E-state index in [1.165, 1.54) is 36.4 Å². The van der Waals surface area contributed by atoms with Gasteiger partial charge in [0.1, 0.15) is 23.0 Å². The van der Waals surface area contributed by atoms with Crippen molar-refractivity contribution >= 4 is 21.6 Å². The Balaban J connectivity index is 1.72. The first-order valence-electron chi connectivity index (χ1n) is 9.65. The van der Waals surface area contributed by atoms with Crippen molar-refractivity contribution in [3.63, 3.8) is 0 Å². The smallest absolute Gasteiger partial charge is 0.456 e. The molecule has 1 spiro atoms. The third-order valence-electron chi connectivity index (χ3n) is 5.33. The van der Waals surface area contributed by atoms with Gasteiger partial charge in [0.05, 0.1) is 5.56 Å². The maximum atomic E-state index is 12.8. The fourth-order valence-electron chi connectivity index (χ4n) is 4.06. The van der Waals surface area contributed by atoms with Crippen molar-refractivity contribution in [1.29, 1.82) is 0 Å². The third kappa shape index (κ3) is 3.69. The molecular formula is C21H16O11P2. The van der Waals surface area contributed by atoms with Gasteiger partial charge in [-0.05, 0) is 30.3 Å². The van der Waals surface area contributed by atoms with E-state index in [0.29, 0.717) is 22.3 Å². The van der Waals surface area contributed by atoms with Crippen LogP contribution in [0.5, 0.6) is 23.0 Å². The van der Waals surface area contributed by atoms with Crippen molar-refractivity contribution in [3.05, 3.63) is 82.9 Å². The second kappa shape index (κ2) is 7.68. The summed E-state index contributed by atoms with van der Waals surface area (Å²) in [7, 11) is -8.22. The fraction of sp³-hybridized carbons (Fsp3) is 0.0952. The summed E-state index contributed by atoms with van der Waals surface area (Å²) in [5.74, 6) is -0.636. The SMILES string of the molecule is COP(=O)(O)Oc1ccc2c(c1)Oc1cc(OP(=O)(O)O)ccc1C21OC(=O)c2ccccc21. The Labute approximate surface area is 192 Å². The molecule has 2 heterocycles. The molecule has 2 atom stereocenters. The molecule has 2 aliphatic rings. The first-order chi connectivity index (χ1) is 16.0. The van der Waals surface area contributed by atoms with Crippen LogP contribution in [0.15, 0.2) is 60.7 Å². The summed E-state index contributed by atoms with van der Waals surface area (Å²) in [5, 5.41) is 0. The minimum absolute atomic E-state index is 0.0646. The number of carbonyl (C=O) groups excluding carboxylic acids is 1. The predicted molar refractivity (Wildman–Crippen MR) is 115 cm³/mol. The van der Waals surface area contributed by atoms with E-state index in [9.17, 15) is 28.6 Å². The Morgan fingerprint density at radius 1 is 0.824 bits per heavy atom. The molecule has 176 valence electrons. The molecule has 2 aliphatic heterocycles. The summed E-state index contributed by atoms with van der Waals surface area (Å²) in [6.07, 6.45) is 0. The van der Waals surface area contributed by atoms with Crippen LogP contribution in [0.2, 0.25) is 0 Å². The summed E-state index contributed by atoms with van der Waals surface area (Å²) >= 11 is 0. The number of hydrogen-bond acceptors (Lipinski definition) is 8. The van der Waals surface area contributed by atoms with E-state index in [-0.39, 0.29) is 23.0 Å². The second-order valence-electron chi connectivity index (χ2n) is 7.36. The lowest BCUT2D eigenvalue weighted by molar-refractivity contribution is 0.0224. The summed E-state index contributed by atoms with van der Waals surface area (Å²) < 4.78 is 49.2. The highest BCUT2D eigenvalue weighted by atomic mass is 31.2. The van der Waals surface area contributed by atoms with Crippen LogP contribution in [-0.4, -0.2) is 27.8 Å². The summed E-state index contributed by atoms with van der Waals surface area (Å²) in [6, 6.07) is 15.0. The number of fused-ring (bicyclic) bond motifs is 6. The first kappa shape index (κ1) is 22.6. The molecule has 3 N–H and O–H groups in total. The zero-order valence-electron chi connectivity index (χ0n) is 17.3. The summed E-state index contributed by atoms with van der Waals surface area (Å²) in [4.78, 5) is 40.8. The van der Waals surface area contributed by atoms with E-state index in [1.54, 1.807) is 24.3 Å². The Hall–Kier alpha value is -3.17. The molecule has 0 saturated carbocycles. The van der Waals surface area contributed by atoms with Crippen LogP contribution in [-0.2, 0) is 24.0 Å². The van der Waals surface area contributed by atoms with E-state index >= 15 is 0 Å². The van der Waals surface area contributed by atoms with Gasteiger partial charge >= 0.3 is 21.6 Å². The number of ether oxygens (including phenoxy) is 2. The van der Waals surface area contributed by atoms with Crippen LogP contribution in [0.25, 0.3) is 0 Å². The number of benzene rings is 3. The van der Waals surface area contributed by atoms with Gasteiger partial charge in [0.15, 0.2) is 5.60 Å². The summed E-state index contributed by atoms with van der Waals surface area (Å²) in [5.41, 5.74) is 0.179. The van der Waals surface area contributed by atoms with Gasteiger partial charge in [-0.25, -0.2) is 13.9 Å². The van der Waals surface area contributed by atoms with Crippen molar-refractivity contribution in [2.75, 3.05) is 7.11 Å². The third-order valence-corrected chi connectivity index (χ3v) is 6.68. The molecule has 0 amide bonds. The molecule has 0 radical (unpaired) electrons. The highest BCUT2D eigenvalue weighted by molar-refractivity contribution is 7.47. The van der Waals surface area contributed by atoms with Gasteiger partial charge in [-0.3, -0.25) is 19.2 Å². The second-order valence-corrected chi connectivity index (χ2v) is 10.0. The van der Waals surface area contributed by atoms with Gasteiger partial charge in [0.2, 0.25) is 0 Å². The zero-order valence-corrected chi connectivity index (χ0v) is 19.1. The van der Waals surface area contributed by atoms with Gasteiger partial charge in [0, 0.05) is 35.9 Å². The van der Waals surface area contributed by atoms with Gasteiger partial charge in [-0.1, -0.05) is 18.2 Å². The maximum Gasteiger partial charge on any atom is 0.527 e. The van der Waals surface area contributed by atoms with Crippen LogP contribution in [0.3, 0.4) is 0 Å². The number of hydrogen-bond donors (Lipinski definition) is 3. The molecule has 3 aromatic carbocycles. The molecule has 0 saturated heterocycles. The number of carbonyl (C=O) groups is 1. The molecule has 34 heavy (non-hydrogen) atoms. The number of esters is 1. The molecule has 13 heteroatoms. The summed E-state index contributed by atoms with van der Waals surface area (Å²) in [6.45, 7) is 0. The average molecular weight is 506 g/mol. The highest BCUT2D eigenvalue weighted by Gasteiger charge is 2.53. The molecule has 0 aliphatic carbocycles. The molecule has 0 fully saturated rings. The van der Waals surface area contributed by atoms with E-state index in [1.807, 2.05) is 0 Å². The minimum Gasteiger partial charge on any atom is -0.456 e. The Morgan fingerprint density at radius 3 is 2.00 bits per heavy atom. The maximum absolute atomic E-state index is 12.8. The van der Waals surface area contributed by atoms with E-state index in [2.05, 4.69) is 9.05 Å². The Bertz CT molecular complexity index is 1430. The highest BCUT2D eigenvalue weighted by Crippen LogP contribution is 2.58. The number of phosphoric ester groups is 2. The number of phosphoric acid groups is 2. The predicted octanol–water partition coefficient (Wildman–Crippen LogP) is 3.85. The van der Waals surface area contributed by atoms with Crippen molar-refractivity contribution in [1.82, 2.24) is 0 Å². The van der Waals surface area contributed by atoms with Gasteiger partial charge in [-0.15, -0.1) is 0 Å². The molecular weight excluding hydrogens is 490 g/mol. The van der Waals surface area contributed by atoms with E-state index in [4.69, 9.17) is 14.0 Å². The average Bonchev–Trinajstić information content (AvgIpc) is 3.05. The fourth-order valence-corrected chi connectivity index (χ4v) is 4.90. The normalized spacial score (nSPS) is 19.8. The van der Waals surface area contributed by atoms with E-state index in [0.717, 1.165) is 7.11 Å². The van der Waals surface area contributed by atoms with E-state index < -0.39 is 27.2 Å². The monoisotopic (exact) mass is 506 g/mol. The van der Waals surface area contributed by atoms with Crippen LogP contribution < -0.4 is 13.8 Å². The van der Waals surface area contributed by atoms with Crippen molar-refractivity contribution in [3.8, 4) is 23.0 Å². The molecule has 2 unspecified atom stereocenters. The lowest BCUT2D eigenvalue weighted by Crippen LogP contribution is -2.33. The standard InChI is InChI=1S/C21H16O11P2/c1-28-34(26,27)32-13-7-9-17-19(11-13)29-18-10-12(31-33(23,24)25)6-8-16(18)21(17)15-5-3-2-4-14(15)20(22)30-21/h2-11H,1H3,(H,26,27)(H2,23,24,25). The molecule has 0 aromatic heterocycles. The molecule has 3 aromatic rings. The van der Waals surface area contributed by atoms with Crippen LogP contribution >= 0.6 is 15.6 Å². The molecule has 0 bridgehead atoms. The van der Waals surface area contributed by atoms with Crippen molar-refractivity contribution in [2.24, 2.45) is 0 Å². The van der Waals surface area contributed by atoms with Crippen LogP contribution in [0.4, 0.5) is 0 Å². The van der Waals surface area contributed by atoms with Crippen molar-refractivity contribution in [2.45, 2.75) is 5.60 Å². The van der Waals surface area contributed by atoms with Gasteiger partial charge in [0.25, 0.3) is 0 Å². The minimum atomic E-state index is -4.86. The van der Waals surface area contributed by atoms with Gasteiger partial charge in [-0.2, -0.15) is 0 Å². The topological polar surface area (TPSA) is 158 Å². The quantitative estimate of drug-likeness (QED) is 0.341. The Kier molecular flexibility index (Phi) is 5.11. The molecule has 5 rings (SSSR count). The largest absolute Gasteiger partial charge is 0.527 e. The first-order valence-corrected chi connectivity index (χ1v) is 12.7. The van der Waals surface area contributed by atoms with Crippen molar-refractivity contribution < 1.29 is 51.6 Å². The zero-order chi connectivity index (χ0) is 24.3.